The van der Waals surface area contributed by atoms with Gasteiger partial charge in [0, 0.05) is 38.2 Å². The molecular formula is C41H30N4. The zero-order chi connectivity index (χ0) is 30.2. The van der Waals surface area contributed by atoms with Crippen LogP contribution < -0.4 is 0 Å². The molecular weight excluding hydrogens is 548 g/mol. The Bertz CT molecular complexity index is 2640. The number of benzene rings is 6. The zero-order valence-electron chi connectivity index (χ0n) is 25.4. The summed E-state index contributed by atoms with van der Waals surface area (Å²) in [5.41, 5.74) is 12.3. The maximum Gasteiger partial charge on any atom is 0.235 e. The van der Waals surface area contributed by atoms with Gasteiger partial charge in [0.15, 0.2) is 0 Å². The maximum atomic E-state index is 5.34. The summed E-state index contributed by atoms with van der Waals surface area (Å²) in [4.78, 5) is 10.5. The highest BCUT2D eigenvalue weighted by Gasteiger charge is 2.21. The highest BCUT2D eigenvalue weighted by Crippen LogP contribution is 2.40. The van der Waals surface area contributed by atoms with E-state index in [0.29, 0.717) is 5.95 Å². The minimum atomic E-state index is 0.673. The van der Waals surface area contributed by atoms with Crippen LogP contribution in [0.1, 0.15) is 16.7 Å². The second kappa shape index (κ2) is 9.63. The molecule has 0 N–H and O–H groups in total. The third-order valence-corrected chi connectivity index (χ3v) is 9.06. The lowest BCUT2D eigenvalue weighted by Crippen LogP contribution is -2.03. The van der Waals surface area contributed by atoms with Crippen LogP contribution in [0.2, 0.25) is 0 Å². The Kier molecular flexibility index (Phi) is 5.51. The van der Waals surface area contributed by atoms with E-state index in [0.717, 1.165) is 44.4 Å². The molecule has 0 fully saturated rings. The van der Waals surface area contributed by atoms with Gasteiger partial charge in [0.2, 0.25) is 5.95 Å². The summed E-state index contributed by atoms with van der Waals surface area (Å²) >= 11 is 0. The summed E-state index contributed by atoms with van der Waals surface area (Å²) in [7, 11) is 0. The average Bonchev–Trinajstić information content (AvgIpc) is 3.55. The quantitative estimate of drug-likeness (QED) is 0.209. The van der Waals surface area contributed by atoms with Crippen molar-refractivity contribution in [3.05, 3.63) is 144 Å². The van der Waals surface area contributed by atoms with Gasteiger partial charge in [-0.25, -0.2) is 9.97 Å². The van der Waals surface area contributed by atoms with E-state index in [1.165, 1.54) is 43.8 Å². The van der Waals surface area contributed by atoms with Crippen molar-refractivity contribution < 1.29 is 0 Å². The van der Waals surface area contributed by atoms with Gasteiger partial charge >= 0.3 is 0 Å². The largest absolute Gasteiger partial charge is 0.309 e. The Hall–Kier alpha value is -5.74. The smallest absolute Gasteiger partial charge is 0.235 e. The summed E-state index contributed by atoms with van der Waals surface area (Å²) in [5.74, 6) is 0.673. The summed E-state index contributed by atoms with van der Waals surface area (Å²) in [6.45, 7) is 6.44. The Morgan fingerprint density at radius 2 is 1.09 bits per heavy atom. The lowest BCUT2D eigenvalue weighted by atomic mass is 10.0. The lowest BCUT2D eigenvalue weighted by Gasteiger charge is -2.12. The first-order valence-corrected chi connectivity index (χ1v) is 15.4. The lowest BCUT2D eigenvalue weighted by molar-refractivity contribution is 1.01. The fourth-order valence-corrected chi connectivity index (χ4v) is 7.03. The Morgan fingerprint density at radius 3 is 1.93 bits per heavy atom. The molecule has 214 valence electrons. The van der Waals surface area contributed by atoms with Crippen LogP contribution in [-0.2, 0) is 0 Å². The molecule has 0 aliphatic carbocycles. The monoisotopic (exact) mass is 578 g/mol. The second-order valence-corrected chi connectivity index (χ2v) is 12.2. The molecule has 0 bridgehead atoms. The van der Waals surface area contributed by atoms with Gasteiger partial charge in [-0.05, 0) is 80.9 Å². The zero-order valence-corrected chi connectivity index (χ0v) is 25.4. The standard InChI is InChI=1S/C41H30N4/c1-25-10-8-12-28(20-25)40-31-15-4-6-16-35(31)42-41(43-40)45-37-19-18-27(3)22-32(37)34-23-33-30-14-5-7-17-36(30)44(38(33)24-39(34)45)29-13-9-11-26(2)21-29/h4-24H,1-3H3. The van der Waals surface area contributed by atoms with E-state index in [4.69, 9.17) is 9.97 Å². The normalized spacial score (nSPS) is 11.9. The van der Waals surface area contributed by atoms with Crippen molar-refractivity contribution in [2.24, 2.45) is 0 Å². The molecule has 0 radical (unpaired) electrons. The highest BCUT2D eigenvalue weighted by atomic mass is 15.2. The van der Waals surface area contributed by atoms with Crippen LogP contribution in [0.3, 0.4) is 0 Å². The van der Waals surface area contributed by atoms with Gasteiger partial charge in [0.1, 0.15) is 0 Å². The molecule has 0 aliphatic heterocycles. The Balaban J connectivity index is 1.44. The number of rotatable bonds is 3. The number of hydrogen-bond acceptors (Lipinski definition) is 2. The SMILES string of the molecule is Cc1cccc(-c2nc(-n3c4ccc(C)cc4c4cc5c6ccccc6n(-c6cccc(C)c6)c5cc43)nc3ccccc23)c1. The summed E-state index contributed by atoms with van der Waals surface area (Å²) in [6.07, 6.45) is 0. The van der Waals surface area contributed by atoms with E-state index < -0.39 is 0 Å². The van der Waals surface area contributed by atoms with Gasteiger partial charge < -0.3 is 4.57 Å². The minimum Gasteiger partial charge on any atom is -0.309 e. The summed E-state index contributed by atoms with van der Waals surface area (Å²) in [6, 6.07) is 45.8. The Labute approximate surface area is 260 Å². The van der Waals surface area contributed by atoms with Crippen LogP contribution in [0.15, 0.2) is 127 Å². The third-order valence-electron chi connectivity index (χ3n) is 9.06. The molecule has 0 unspecified atom stereocenters. The molecule has 0 aliphatic rings. The first-order chi connectivity index (χ1) is 22.0. The molecule has 4 heteroatoms. The van der Waals surface area contributed by atoms with E-state index in [1.54, 1.807) is 0 Å². The van der Waals surface area contributed by atoms with Crippen LogP contribution >= 0.6 is 0 Å². The molecule has 3 aromatic heterocycles. The van der Waals surface area contributed by atoms with Crippen LogP contribution in [0.5, 0.6) is 0 Å². The van der Waals surface area contributed by atoms with Crippen molar-refractivity contribution in [3.63, 3.8) is 0 Å². The summed E-state index contributed by atoms with van der Waals surface area (Å²) < 4.78 is 4.65. The first kappa shape index (κ1) is 25.7. The average molecular weight is 579 g/mol. The molecule has 4 nitrogen and oxygen atoms in total. The van der Waals surface area contributed by atoms with E-state index in [2.05, 4.69) is 157 Å². The molecule has 0 atom stereocenters. The van der Waals surface area contributed by atoms with E-state index in [-0.39, 0.29) is 0 Å². The molecule has 3 heterocycles. The second-order valence-electron chi connectivity index (χ2n) is 12.2. The predicted octanol–water partition coefficient (Wildman–Crippen LogP) is 10.4. The molecule has 0 amide bonds. The fraction of sp³-hybridized carbons (Fsp3) is 0.0732. The van der Waals surface area contributed by atoms with Crippen molar-refractivity contribution in [1.82, 2.24) is 19.1 Å². The molecule has 9 rings (SSSR count). The van der Waals surface area contributed by atoms with Gasteiger partial charge in [0.25, 0.3) is 0 Å². The maximum absolute atomic E-state index is 5.34. The topological polar surface area (TPSA) is 35.6 Å². The highest BCUT2D eigenvalue weighted by molar-refractivity contribution is 6.19. The molecule has 9 aromatic rings. The van der Waals surface area contributed by atoms with E-state index in [9.17, 15) is 0 Å². The van der Waals surface area contributed by atoms with Crippen LogP contribution in [0.25, 0.3) is 77.4 Å². The van der Waals surface area contributed by atoms with Crippen molar-refractivity contribution in [1.29, 1.82) is 0 Å². The number of aromatic nitrogens is 4. The number of hydrogen-bond donors (Lipinski definition) is 0. The predicted molar refractivity (Wildman–Crippen MR) is 188 cm³/mol. The number of nitrogens with zero attached hydrogens (tertiary/aromatic N) is 4. The molecule has 45 heavy (non-hydrogen) atoms. The van der Waals surface area contributed by atoms with Crippen LogP contribution in [0, 0.1) is 20.8 Å². The van der Waals surface area contributed by atoms with Gasteiger partial charge in [-0.2, -0.15) is 0 Å². The molecule has 6 aromatic carbocycles. The van der Waals surface area contributed by atoms with Gasteiger partial charge in [0.05, 0.1) is 33.3 Å². The molecule has 0 saturated heterocycles. The van der Waals surface area contributed by atoms with Crippen molar-refractivity contribution >= 4 is 54.5 Å². The number of aryl methyl sites for hydroxylation is 3. The van der Waals surface area contributed by atoms with Crippen molar-refractivity contribution in [2.75, 3.05) is 0 Å². The van der Waals surface area contributed by atoms with Crippen molar-refractivity contribution in [2.45, 2.75) is 20.8 Å². The van der Waals surface area contributed by atoms with Crippen LogP contribution in [-0.4, -0.2) is 19.1 Å². The molecule has 0 spiro atoms. The number of para-hydroxylation sites is 2. The van der Waals surface area contributed by atoms with Gasteiger partial charge in [-0.15, -0.1) is 0 Å². The van der Waals surface area contributed by atoms with E-state index in [1.807, 2.05) is 0 Å². The minimum absolute atomic E-state index is 0.673. The first-order valence-electron chi connectivity index (χ1n) is 15.4. The van der Waals surface area contributed by atoms with Crippen LogP contribution in [0.4, 0.5) is 0 Å². The summed E-state index contributed by atoms with van der Waals surface area (Å²) in [5, 5.41) is 5.92. The molecule has 0 saturated carbocycles. The van der Waals surface area contributed by atoms with Gasteiger partial charge in [-0.1, -0.05) is 83.9 Å². The van der Waals surface area contributed by atoms with Crippen molar-refractivity contribution in [3.8, 4) is 22.9 Å². The van der Waals surface area contributed by atoms with E-state index >= 15 is 0 Å². The Morgan fingerprint density at radius 1 is 0.422 bits per heavy atom. The number of fused-ring (bicyclic) bond motifs is 7. The fourth-order valence-electron chi connectivity index (χ4n) is 7.03. The van der Waals surface area contributed by atoms with Gasteiger partial charge in [-0.3, -0.25) is 4.57 Å². The third kappa shape index (κ3) is 3.92.